The van der Waals surface area contributed by atoms with Gasteiger partial charge in [0.25, 0.3) is 0 Å². The van der Waals surface area contributed by atoms with Gasteiger partial charge in [0.05, 0.1) is 0 Å². The number of nitrogens with zero attached hydrogens (tertiary/aromatic N) is 1. The molecule has 2 heteroatoms. The average molecular weight is 226 g/mol. The summed E-state index contributed by atoms with van der Waals surface area (Å²) in [5.41, 5.74) is 0. The molecule has 2 nitrogen and oxygen atoms in total. The van der Waals surface area contributed by atoms with Crippen molar-refractivity contribution in [3.8, 4) is 0 Å². The minimum atomic E-state index is 0.822. The van der Waals surface area contributed by atoms with Crippen LogP contribution in [0.5, 0.6) is 0 Å². The van der Waals surface area contributed by atoms with Crippen molar-refractivity contribution >= 4 is 0 Å². The first-order chi connectivity index (χ1) is 7.75. The minimum absolute atomic E-state index is 0.822. The fourth-order valence-corrected chi connectivity index (χ4v) is 2.73. The fraction of sp³-hybridized carbons (Fsp3) is 1.00. The summed E-state index contributed by atoms with van der Waals surface area (Å²) in [6.45, 7) is 11.9. The van der Waals surface area contributed by atoms with E-state index < -0.39 is 0 Å². The van der Waals surface area contributed by atoms with Gasteiger partial charge in [-0.25, -0.2) is 0 Å². The summed E-state index contributed by atoms with van der Waals surface area (Å²) in [5, 5.41) is 3.56. The molecule has 0 spiro atoms. The van der Waals surface area contributed by atoms with Crippen molar-refractivity contribution in [2.75, 3.05) is 26.2 Å². The molecular formula is C14H30N2. The summed E-state index contributed by atoms with van der Waals surface area (Å²) in [7, 11) is 0. The molecule has 0 aliphatic carbocycles. The van der Waals surface area contributed by atoms with E-state index in [0.29, 0.717) is 0 Å². The van der Waals surface area contributed by atoms with E-state index in [1.54, 1.807) is 0 Å². The van der Waals surface area contributed by atoms with Crippen molar-refractivity contribution in [2.24, 2.45) is 5.92 Å². The van der Waals surface area contributed by atoms with Crippen LogP contribution in [-0.4, -0.2) is 37.1 Å². The van der Waals surface area contributed by atoms with E-state index in [4.69, 9.17) is 0 Å². The van der Waals surface area contributed by atoms with Crippen LogP contribution in [-0.2, 0) is 0 Å². The zero-order valence-corrected chi connectivity index (χ0v) is 11.5. The van der Waals surface area contributed by atoms with E-state index in [9.17, 15) is 0 Å². The van der Waals surface area contributed by atoms with Gasteiger partial charge in [-0.2, -0.15) is 0 Å². The van der Waals surface area contributed by atoms with Gasteiger partial charge in [-0.3, -0.25) is 4.90 Å². The maximum Gasteiger partial charge on any atom is 0.0119 e. The van der Waals surface area contributed by atoms with E-state index in [-0.39, 0.29) is 0 Å². The number of hydrogen-bond acceptors (Lipinski definition) is 2. The number of likely N-dealkylation sites (tertiary alicyclic amines) is 1. The molecule has 0 aromatic carbocycles. The molecule has 1 aliphatic rings. The summed E-state index contributed by atoms with van der Waals surface area (Å²) in [4.78, 5) is 2.68. The number of unbranched alkanes of at least 4 members (excludes halogenated alkanes) is 2. The van der Waals surface area contributed by atoms with Crippen LogP contribution in [0.3, 0.4) is 0 Å². The third-order valence-electron chi connectivity index (χ3n) is 3.72. The van der Waals surface area contributed by atoms with Crippen LogP contribution in [0, 0.1) is 5.92 Å². The third kappa shape index (κ3) is 4.84. The minimum Gasteiger partial charge on any atom is -0.315 e. The van der Waals surface area contributed by atoms with Crippen LogP contribution in [0.2, 0.25) is 0 Å². The van der Waals surface area contributed by atoms with E-state index >= 15 is 0 Å². The maximum absolute atomic E-state index is 3.56. The van der Waals surface area contributed by atoms with Crippen LogP contribution in [0.4, 0.5) is 0 Å². The highest BCUT2D eigenvalue weighted by molar-refractivity contribution is 4.81. The van der Waals surface area contributed by atoms with Crippen molar-refractivity contribution < 1.29 is 0 Å². The molecule has 0 bridgehead atoms. The molecule has 0 radical (unpaired) electrons. The molecule has 1 saturated heterocycles. The Kier molecular flexibility index (Phi) is 7.06. The van der Waals surface area contributed by atoms with Gasteiger partial charge in [0.1, 0.15) is 0 Å². The molecule has 0 saturated carbocycles. The Morgan fingerprint density at radius 2 is 2.06 bits per heavy atom. The Morgan fingerprint density at radius 3 is 2.75 bits per heavy atom. The van der Waals surface area contributed by atoms with Crippen molar-refractivity contribution in [2.45, 2.75) is 58.9 Å². The summed E-state index contributed by atoms with van der Waals surface area (Å²) in [6, 6.07) is 0.845. The molecule has 1 atom stereocenters. The van der Waals surface area contributed by atoms with Gasteiger partial charge >= 0.3 is 0 Å². The smallest absolute Gasteiger partial charge is 0.0119 e. The lowest BCUT2D eigenvalue weighted by Gasteiger charge is -2.27. The van der Waals surface area contributed by atoms with E-state index in [1.165, 1.54) is 58.3 Å². The van der Waals surface area contributed by atoms with E-state index in [2.05, 4.69) is 31.0 Å². The highest BCUT2D eigenvalue weighted by Crippen LogP contribution is 2.22. The number of rotatable bonds is 8. The Balaban J connectivity index is 2.03. The molecule has 1 N–H and O–H groups in total. The zero-order valence-electron chi connectivity index (χ0n) is 11.5. The fourth-order valence-electron chi connectivity index (χ4n) is 2.73. The Hall–Kier alpha value is -0.0800. The molecule has 16 heavy (non-hydrogen) atoms. The predicted octanol–water partition coefficient (Wildman–Crippen LogP) is 2.89. The second-order valence-corrected chi connectivity index (χ2v) is 5.45. The first-order valence-electron chi connectivity index (χ1n) is 7.20. The predicted molar refractivity (Wildman–Crippen MR) is 71.8 cm³/mol. The monoisotopic (exact) mass is 226 g/mol. The Bertz CT molecular complexity index is 168. The lowest BCUT2D eigenvalue weighted by molar-refractivity contribution is 0.207. The van der Waals surface area contributed by atoms with Crippen LogP contribution >= 0.6 is 0 Å². The quantitative estimate of drug-likeness (QED) is 0.640. The molecular weight excluding hydrogens is 196 g/mol. The molecule has 0 aromatic rings. The normalized spacial score (nSPS) is 22.1. The highest BCUT2D eigenvalue weighted by atomic mass is 15.2. The molecule has 1 unspecified atom stereocenters. The summed E-state index contributed by atoms with van der Waals surface area (Å²) in [6.07, 6.45) is 6.84. The lowest BCUT2D eigenvalue weighted by Crippen LogP contribution is -2.38. The number of nitrogens with one attached hydrogen (secondary N) is 1. The largest absolute Gasteiger partial charge is 0.315 e. The Morgan fingerprint density at radius 1 is 1.25 bits per heavy atom. The van der Waals surface area contributed by atoms with Crippen molar-refractivity contribution in [3.63, 3.8) is 0 Å². The van der Waals surface area contributed by atoms with E-state index in [1.807, 2.05) is 0 Å². The topological polar surface area (TPSA) is 15.3 Å². The van der Waals surface area contributed by atoms with Crippen LogP contribution in [0.1, 0.15) is 52.9 Å². The third-order valence-corrected chi connectivity index (χ3v) is 3.72. The van der Waals surface area contributed by atoms with Gasteiger partial charge in [0, 0.05) is 19.1 Å². The highest BCUT2D eigenvalue weighted by Gasteiger charge is 2.25. The molecule has 0 aromatic heterocycles. The summed E-state index contributed by atoms with van der Waals surface area (Å²) >= 11 is 0. The molecule has 96 valence electrons. The van der Waals surface area contributed by atoms with Crippen molar-refractivity contribution in [3.05, 3.63) is 0 Å². The molecule has 0 amide bonds. The maximum atomic E-state index is 3.56. The second-order valence-electron chi connectivity index (χ2n) is 5.45. The van der Waals surface area contributed by atoms with E-state index in [0.717, 1.165) is 12.0 Å². The number of hydrogen-bond donors (Lipinski definition) is 1. The zero-order chi connectivity index (χ0) is 11.8. The second kappa shape index (κ2) is 8.08. The molecule has 1 heterocycles. The first kappa shape index (κ1) is 14.0. The van der Waals surface area contributed by atoms with Gasteiger partial charge in [0.15, 0.2) is 0 Å². The lowest BCUT2D eigenvalue weighted by atomic mass is 10.0. The van der Waals surface area contributed by atoms with Gasteiger partial charge < -0.3 is 5.32 Å². The van der Waals surface area contributed by atoms with Crippen LogP contribution < -0.4 is 5.32 Å². The van der Waals surface area contributed by atoms with Crippen molar-refractivity contribution in [1.82, 2.24) is 10.2 Å². The first-order valence-corrected chi connectivity index (χ1v) is 7.20. The summed E-state index contributed by atoms with van der Waals surface area (Å²) < 4.78 is 0. The standard InChI is InChI=1S/C14H30N2/c1-4-5-6-9-15-10-12-16-11-7-8-14(16)13(2)3/h13-15H,4-12H2,1-3H3. The van der Waals surface area contributed by atoms with Gasteiger partial charge in [-0.15, -0.1) is 0 Å². The Labute approximate surface area is 102 Å². The molecule has 1 aliphatic heterocycles. The van der Waals surface area contributed by atoms with Crippen LogP contribution in [0.15, 0.2) is 0 Å². The van der Waals surface area contributed by atoms with Gasteiger partial charge in [-0.1, -0.05) is 33.6 Å². The molecule has 1 rings (SSSR count). The molecule has 1 fully saturated rings. The summed E-state index contributed by atoms with van der Waals surface area (Å²) in [5.74, 6) is 0.822. The van der Waals surface area contributed by atoms with Gasteiger partial charge in [-0.05, 0) is 38.3 Å². The average Bonchev–Trinajstić information content (AvgIpc) is 2.71. The SMILES string of the molecule is CCCCCNCCN1CCCC1C(C)C. The van der Waals surface area contributed by atoms with Crippen molar-refractivity contribution in [1.29, 1.82) is 0 Å². The van der Waals surface area contributed by atoms with Crippen LogP contribution in [0.25, 0.3) is 0 Å². The van der Waals surface area contributed by atoms with Gasteiger partial charge in [0.2, 0.25) is 0 Å².